The van der Waals surface area contributed by atoms with Gasteiger partial charge < -0.3 is 4.74 Å². The van der Waals surface area contributed by atoms with Gasteiger partial charge in [0.2, 0.25) is 0 Å². The number of halogens is 4. The minimum Gasteiger partial charge on any atom is -0.495 e. The van der Waals surface area contributed by atoms with Crippen LogP contribution >= 0.6 is 31.9 Å². The molecule has 0 aliphatic rings. The van der Waals surface area contributed by atoms with Crippen molar-refractivity contribution in [2.24, 2.45) is 0 Å². The first-order chi connectivity index (χ1) is 5.57. The van der Waals surface area contributed by atoms with Gasteiger partial charge in [0.25, 0.3) is 0 Å². The highest BCUT2D eigenvalue weighted by atomic mass is 79.9. The highest BCUT2D eigenvalue weighted by Crippen LogP contribution is 2.34. The normalized spacial score (nSPS) is 10.1. The maximum atomic E-state index is 13.0. The van der Waals surface area contributed by atoms with E-state index in [1.54, 1.807) is 0 Å². The Morgan fingerprint density at radius 1 is 1.25 bits per heavy atom. The molecule has 0 saturated carbocycles. The Balaban J connectivity index is 3.39. The molecule has 0 aliphatic carbocycles. The van der Waals surface area contributed by atoms with E-state index in [4.69, 9.17) is 4.74 Å². The van der Waals surface area contributed by atoms with E-state index in [0.29, 0.717) is 0 Å². The molecule has 0 N–H and O–H groups in total. The molecule has 12 heavy (non-hydrogen) atoms. The number of rotatable bonds is 1. The van der Waals surface area contributed by atoms with Crippen LogP contribution in [-0.4, -0.2) is 7.11 Å². The average Bonchev–Trinajstić information content (AvgIpc) is 2.08. The van der Waals surface area contributed by atoms with Crippen molar-refractivity contribution < 1.29 is 13.5 Å². The Morgan fingerprint density at radius 3 is 2.33 bits per heavy atom. The van der Waals surface area contributed by atoms with Crippen molar-refractivity contribution in [3.8, 4) is 5.75 Å². The van der Waals surface area contributed by atoms with Gasteiger partial charge in [-0.2, -0.15) is 0 Å². The zero-order chi connectivity index (χ0) is 9.30. The third kappa shape index (κ3) is 1.61. The van der Waals surface area contributed by atoms with Crippen LogP contribution in [0.4, 0.5) is 8.78 Å². The van der Waals surface area contributed by atoms with Gasteiger partial charge in [0, 0.05) is 6.07 Å². The van der Waals surface area contributed by atoms with E-state index in [0.717, 1.165) is 6.07 Å². The minimum atomic E-state index is -0.702. The summed E-state index contributed by atoms with van der Waals surface area (Å²) in [5.74, 6) is -1.26. The van der Waals surface area contributed by atoms with Crippen LogP contribution in [0, 0.1) is 11.6 Å². The summed E-state index contributed by atoms with van der Waals surface area (Å²) >= 11 is 5.69. The first-order valence-electron chi connectivity index (χ1n) is 2.95. The van der Waals surface area contributed by atoms with Crippen LogP contribution < -0.4 is 4.74 Å². The average molecular weight is 302 g/mol. The molecule has 5 heteroatoms. The second-order valence-electron chi connectivity index (χ2n) is 2.00. The predicted octanol–water partition coefficient (Wildman–Crippen LogP) is 3.50. The number of ether oxygens (including phenoxy) is 1. The van der Waals surface area contributed by atoms with Crippen molar-refractivity contribution in [2.75, 3.05) is 7.11 Å². The molecule has 0 spiro atoms. The van der Waals surface area contributed by atoms with Crippen LogP contribution in [0.5, 0.6) is 5.75 Å². The number of hydrogen-bond acceptors (Lipinski definition) is 1. The van der Waals surface area contributed by atoms with Crippen molar-refractivity contribution in [1.29, 1.82) is 0 Å². The van der Waals surface area contributed by atoms with Gasteiger partial charge in [-0.1, -0.05) is 0 Å². The molecule has 1 rings (SSSR count). The fourth-order valence-corrected chi connectivity index (χ4v) is 1.75. The summed E-state index contributed by atoms with van der Waals surface area (Å²) in [4.78, 5) is 0. The highest BCUT2D eigenvalue weighted by Gasteiger charge is 2.14. The summed E-state index contributed by atoms with van der Waals surface area (Å²) in [5, 5.41) is 0. The first-order valence-corrected chi connectivity index (χ1v) is 4.53. The van der Waals surface area contributed by atoms with E-state index >= 15 is 0 Å². The van der Waals surface area contributed by atoms with Crippen molar-refractivity contribution in [3.63, 3.8) is 0 Å². The molecule has 0 bridgehead atoms. The maximum absolute atomic E-state index is 13.0. The molecule has 0 radical (unpaired) electrons. The molecule has 0 atom stereocenters. The van der Waals surface area contributed by atoms with E-state index in [-0.39, 0.29) is 14.7 Å². The van der Waals surface area contributed by atoms with Crippen molar-refractivity contribution in [3.05, 3.63) is 26.6 Å². The van der Waals surface area contributed by atoms with Crippen molar-refractivity contribution in [1.82, 2.24) is 0 Å². The highest BCUT2D eigenvalue weighted by molar-refractivity contribution is 9.11. The molecule has 0 amide bonds. The molecule has 0 fully saturated rings. The third-order valence-electron chi connectivity index (χ3n) is 1.29. The molecule has 0 aliphatic heterocycles. The summed E-state index contributed by atoms with van der Waals surface area (Å²) in [7, 11) is 1.34. The molecule has 0 heterocycles. The standard InChI is InChI=1S/C7H4Br2F2O/c1-12-4-2-3(10)5(8)7(11)6(4)9/h2H,1H3. The van der Waals surface area contributed by atoms with Crippen LogP contribution in [-0.2, 0) is 0 Å². The molecule has 0 unspecified atom stereocenters. The summed E-state index contributed by atoms with van der Waals surface area (Å²) < 4.78 is 30.5. The van der Waals surface area contributed by atoms with Gasteiger partial charge >= 0.3 is 0 Å². The van der Waals surface area contributed by atoms with E-state index in [9.17, 15) is 8.78 Å². The third-order valence-corrected chi connectivity index (χ3v) is 2.75. The van der Waals surface area contributed by atoms with E-state index in [2.05, 4.69) is 31.9 Å². The molecule has 66 valence electrons. The predicted molar refractivity (Wildman–Crippen MR) is 48.3 cm³/mol. The second-order valence-corrected chi connectivity index (χ2v) is 3.59. The van der Waals surface area contributed by atoms with Gasteiger partial charge in [0.1, 0.15) is 11.6 Å². The Morgan fingerprint density at radius 2 is 1.83 bits per heavy atom. The summed E-state index contributed by atoms with van der Waals surface area (Å²) in [5.41, 5.74) is 0. The number of methoxy groups -OCH3 is 1. The second kappa shape index (κ2) is 3.70. The van der Waals surface area contributed by atoms with Crippen LogP contribution in [0.25, 0.3) is 0 Å². The smallest absolute Gasteiger partial charge is 0.158 e. The molecule has 1 aromatic carbocycles. The molecule has 0 aromatic heterocycles. The Hall–Kier alpha value is -0.160. The Labute approximate surface area is 85.0 Å². The summed E-state index contributed by atoms with van der Waals surface area (Å²) in [6.45, 7) is 0. The van der Waals surface area contributed by atoms with Gasteiger partial charge in [-0.25, -0.2) is 8.78 Å². The first kappa shape index (κ1) is 9.92. The molecular weight excluding hydrogens is 298 g/mol. The number of benzene rings is 1. The topological polar surface area (TPSA) is 9.23 Å². The summed E-state index contributed by atoms with van der Waals surface area (Å²) in [6, 6.07) is 1.09. The maximum Gasteiger partial charge on any atom is 0.158 e. The lowest BCUT2D eigenvalue weighted by atomic mass is 10.3. The minimum absolute atomic E-state index is 0.110. The molecule has 1 nitrogen and oxygen atoms in total. The van der Waals surface area contributed by atoms with Crippen molar-refractivity contribution in [2.45, 2.75) is 0 Å². The van der Waals surface area contributed by atoms with E-state index in [1.807, 2.05) is 0 Å². The molecular formula is C7H4Br2F2O. The monoisotopic (exact) mass is 300 g/mol. The van der Waals surface area contributed by atoms with Crippen LogP contribution in [0.1, 0.15) is 0 Å². The van der Waals surface area contributed by atoms with Crippen LogP contribution in [0.3, 0.4) is 0 Å². The lowest BCUT2D eigenvalue weighted by molar-refractivity contribution is 0.402. The molecule has 0 saturated heterocycles. The quantitative estimate of drug-likeness (QED) is 0.570. The van der Waals surface area contributed by atoms with Crippen molar-refractivity contribution >= 4 is 31.9 Å². The lowest BCUT2D eigenvalue weighted by Gasteiger charge is -2.05. The summed E-state index contributed by atoms with van der Waals surface area (Å²) in [6.07, 6.45) is 0. The lowest BCUT2D eigenvalue weighted by Crippen LogP contribution is -1.91. The van der Waals surface area contributed by atoms with Gasteiger partial charge in [-0.3, -0.25) is 0 Å². The van der Waals surface area contributed by atoms with Gasteiger partial charge in [0.05, 0.1) is 16.1 Å². The zero-order valence-electron chi connectivity index (χ0n) is 6.00. The van der Waals surface area contributed by atoms with E-state index < -0.39 is 11.6 Å². The fourth-order valence-electron chi connectivity index (χ4n) is 0.700. The number of hydrogen-bond donors (Lipinski definition) is 0. The van der Waals surface area contributed by atoms with Gasteiger partial charge in [-0.05, 0) is 31.9 Å². The van der Waals surface area contributed by atoms with E-state index in [1.165, 1.54) is 7.11 Å². The Bertz CT molecular complexity index is 315. The SMILES string of the molecule is COc1cc(F)c(Br)c(F)c1Br. The fraction of sp³-hybridized carbons (Fsp3) is 0.143. The van der Waals surface area contributed by atoms with Gasteiger partial charge in [0.15, 0.2) is 5.82 Å². The largest absolute Gasteiger partial charge is 0.495 e. The molecule has 1 aromatic rings. The van der Waals surface area contributed by atoms with Crippen LogP contribution in [0.15, 0.2) is 15.0 Å². The zero-order valence-corrected chi connectivity index (χ0v) is 9.17. The van der Waals surface area contributed by atoms with Gasteiger partial charge in [-0.15, -0.1) is 0 Å². The van der Waals surface area contributed by atoms with Crippen LogP contribution in [0.2, 0.25) is 0 Å². The Kier molecular flexibility index (Phi) is 3.06.